The molecular formula is C19H32N4O3S2. The summed E-state index contributed by atoms with van der Waals surface area (Å²) in [6.07, 6.45) is 4.41. The first-order chi connectivity index (χ1) is 13.4. The lowest BCUT2D eigenvalue weighted by Gasteiger charge is -2.35. The van der Waals surface area contributed by atoms with E-state index in [1.807, 2.05) is 6.92 Å². The maximum Gasteiger partial charge on any atom is 0.191 e. The Labute approximate surface area is 172 Å². The molecule has 0 bridgehead atoms. The van der Waals surface area contributed by atoms with Gasteiger partial charge in [0, 0.05) is 45.1 Å². The van der Waals surface area contributed by atoms with Gasteiger partial charge in [0.05, 0.1) is 16.3 Å². The molecule has 158 valence electrons. The maximum atomic E-state index is 12.4. The molecule has 2 N–H and O–H groups in total. The van der Waals surface area contributed by atoms with E-state index in [2.05, 4.69) is 38.0 Å². The Kier molecular flexibility index (Phi) is 7.22. The van der Waals surface area contributed by atoms with Gasteiger partial charge in [-0.3, -0.25) is 4.99 Å². The maximum absolute atomic E-state index is 12.4. The highest BCUT2D eigenvalue weighted by Crippen LogP contribution is 2.30. The first-order valence-electron chi connectivity index (χ1n) is 10.0. The normalized spacial score (nSPS) is 21.5. The van der Waals surface area contributed by atoms with Gasteiger partial charge in [0.25, 0.3) is 0 Å². The van der Waals surface area contributed by atoms with E-state index in [4.69, 9.17) is 4.74 Å². The predicted molar refractivity (Wildman–Crippen MR) is 116 cm³/mol. The molecule has 2 aliphatic rings. The van der Waals surface area contributed by atoms with Crippen molar-refractivity contribution in [3.63, 3.8) is 0 Å². The van der Waals surface area contributed by atoms with Gasteiger partial charge < -0.3 is 20.3 Å². The van der Waals surface area contributed by atoms with Gasteiger partial charge in [0.15, 0.2) is 15.8 Å². The highest BCUT2D eigenvalue weighted by atomic mass is 32.2. The average molecular weight is 429 g/mol. The number of piperidine rings is 1. The molecule has 9 heteroatoms. The lowest BCUT2D eigenvalue weighted by Crippen LogP contribution is -2.50. The van der Waals surface area contributed by atoms with Crippen LogP contribution in [0.3, 0.4) is 0 Å². The van der Waals surface area contributed by atoms with Crippen LogP contribution in [0.15, 0.2) is 22.5 Å². The molecule has 0 aliphatic carbocycles. The Hall–Kier alpha value is -1.32. The van der Waals surface area contributed by atoms with Crippen LogP contribution in [0.1, 0.15) is 32.6 Å². The number of anilines is 1. The van der Waals surface area contributed by atoms with E-state index in [0.717, 1.165) is 32.5 Å². The summed E-state index contributed by atoms with van der Waals surface area (Å²) < 4.78 is 29.5. The summed E-state index contributed by atoms with van der Waals surface area (Å²) in [5.41, 5.74) is 0. The molecule has 2 aliphatic heterocycles. The van der Waals surface area contributed by atoms with Crippen molar-refractivity contribution in [2.24, 2.45) is 4.99 Å². The number of hydrogen-bond acceptors (Lipinski definition) is 6. The van der Waals surface area contributed by atoms with Crippen molar-refractivity contribution < 1.29 is 13.2 Å². The largest absolute Gasteiger partial charge is 0.381 e. The minimum Gasteiger partial charge on any atom is -0.381 e. The molecule has 0 amide bonds. The third-order valence-electron chi connectivity index (χ3n) is 5.71. The third-order valence-corrected chi connectivity index (χ3v) is 8.75. The van der Waals surface area contributed by atoms with Crippen molar-refractivity contribution >= 4 is 32.1 Å². The minimum absolute atomic E-state index is 0.276. The van der Waals surface area contributed by atoms with Crippen LogP contribution in [-0.4, -0.2) is 70.8 Å². The molecular weight excluding hydrogens is 396 g/mol. The van der Waals surface area contributed by atoms with Gasteiger partial charge in [-0.1, -0.05) is 0 Å². The van der Waals surface area contributed by atoms with Crippen LogP contribution in [-0.2, 0) is 14.6 Å². The predicted octanol–water partition coefficient (Wildman–Crippen LogP) is 1.87. The smallest absolute Gasteiger partial charge is 0.191 e. The molecule has 2 fully saturated rings. The van der Waals surface area contributed by atoms with E-state index in [1.165, 1.54) is 11.3 Å². The van der Waals surface area contributed by atoms with Crippen LogP contribution in [0.4, 0.5) is 5.00 Å². The summed E-state index contributed by atoms with van der Waals surface area (Å²) in [7, 11) is -3.21. The van der Waals surface area contributed by atoms with Crippen molar-refractivity contribution in [1.82, 2.24) is 10.6 Å². The van der Waals surface area contributed by atoms with Crippen LogP contribution >= 0.6 is 11.3 Å². The van der Waals surface area contributed by atoms with Crippen LogP contribution in [0.25, 0.3) is 0 Å². The summed E-state index contributed by atoms with van der Waals surface area (Å²) >= 11 is 1.78. The number of rotatable bonds is 6. The minimum atomic E-state index is -3.21. The number of sulfone groups is 1. The summed E-state index contributed by atoms with van der Waals surface area (Å²) in [6, 6.07) is 4.61. The van der Waals surface area contributed by atoms with E-state index < -0.39 is 14.6 Å². The standard InChI is InChI=1S/C19H32N4O3S2/c1-3-20-18(21-15-19(28(2,24)25)8-12-26-13-9-19)22-16-6-10-23(11-7-16)17-5-4-14-27-17/h4-5,14,16H,3,6-13,15H2,1-2H3,(H2,20,21,22). The number of nitrogens with one attached hydrogen (secondary N) is 2. The second-order valence-corrected chi connectivity index (χ2v) is 11.0. The molecule has 3 heterocycles. The van der Waals surface area contributed by atoms with Gasteiger partial charge in [-0.15, -0.1) is 11.3 Å². The van der Waals surface area contributed by atoms with Gasteiger partial charge in [-0.25, -0.2) is 8.42 Å². The van der Waals surface area contributed by atoms with Gasteiger partial charge in [-0.05, 0) is 50.1 Å². The molecule has 0 radical (unpaired) electrons. The summed E-state index contributed by atoms with van der Waals surface area (Å²) in [5.74, 6) is 0.714. The Morgan fingerprint density at radius 2 is 2.07 bits per heavy atom. The number of nitrogens with zero attached hydrogens (tertiary/aromatic N) is 2. The highest BCUT2D eigenvalue weighted by molar-refractivity contribution is 7.92. The Bertz CT molecular complexity index is 735. The van der Waals surface area contributed by atoms with Crippen LogP contribution < -0.4 is 15.5 Å². The van der Waals surface area contributed by atoms with Gasteiger partial charge in [-0.2, -0.15) is 0 Å². The summed E-state index contributed by atoms with van der Waals surface area (Å²) in [5, 5.41) is 10.2. The van der Waals surface area contributed by atoms with E-state index in [-0.39, 0.29) is 6.54 Å². The molecule has 0 spiro atoms. The van der Waals surface area contributed by atoms with Crippen molar-refractivity contribution in [3.8, 4) is 0 Å². The summed E-state index contributed by atoms with van der Waals surface area (Å²) in [6.45, 7) is 6.04. The molecule has 28 heavy (non-hydrogen) atoms. The zero-order valence-corrected chi connectivity index (χ0v) is 18.4. The van der Waals surface area contributed by atoms with E-state index >= 15 is 0 Å². The molecule has 7 nitrogen and oxygen atoms in total. The summed E-state index contributed by atoms with van der Waals surface area (Å²) in [4.78, 5) is 7.11. The molecule has 0 saturated carbocycles. The topological polar surface area (TPSA) is 83.0 Å². The van der Waals surface area contributed by atoms with Gasteiger partial charge in [0.1, 0.15) is 0 Å². The fourth-order valence-corrected chi connectivity index (χ4v) is 5.81. The van der Waals surface area contributed by atoms with Crippen molar-refractivity contribution in [2.75, 3.05) is 50.5 Å². The highest BCUT2D eigenvalue weighted by Gasteiger charge is 2.42. The second-order valence-electron chi connectivity index (χ2n) is 7.62. The molecule has 0 aromatic carbocycles. The monoisotopic (exact) mass is 428 g/mol. The number of hydrogen-bond donors (Lipinski definition) is 2. The molecule has 2 saturated heterocycles. The quantitative estimate of drug-likeness (QED) is 0.532. The van der Waals surface area contributed by atoms with Crippen LogP contribution in [0.2, 0.25) is 0 Å². The zero-order chi connectivity index (χ0) is 20.0. The number of ether oxygens (including phenoxy) is 1. The Balaban J connectivity index is 1.61. The fraction of sp³-hybridized carbons (Fsp3) is 0.737. The Morgan fingerprint density at radius 1 is 1.36 bits per heavy atom. The van der Waals surface area contributed by atoms with Crippen LogP contribution in [0.5, 0.6) is 0 Å². The zero-order valence-electron chi connectivity index (χ0n) is 16.8. The molecule has 3 rings (SSSR count). The average Bonchev–Trinajstić information content (AvgIpc) is 3.22. The lowest BCUT2D eigenvalue weighted by molar-refractivity contribution is 0.0768. The number of thiophene rings is 1. The van der Waals surface area contributed by atoms with Crippen molar-refractivity contribution in [1.29, 1.82) is 0 Å². The first kappa shape index (κ1) is 21.4. The van der Waals surface area contributed by atoms with Crippen molar-refractivity contribution in [3.05, 3.63) is 17.5 Å². The molecule has 0 unspecified atom stereocenters. The fourth-order valence-electron chi connectivity index (χ4n) is 3.82. The first-order valence-corrected chi connectivity index (χ1v) is 12.8. The van der Waals surface area contributed by atoms with E-state index in [1.54, 1.807) is 11.3 Å². The second kappa shape index (κ2) is 9.45. The van der Waals surface area contributed by atoms with E-state index in [9.17, 15) is 8.42 Å². The molecule has 1 aromatic heterocycles. The lowest BCUT2D eigenvalue weighted by atomic mass is 9.99. The Morgan fingerprint density at radius 3 is 2.64 bits per heavy atom. The van der Waals surface area contributed by atoms with Gasteiger partial charge in [0.2, 0.25) is 0 Å². The van der Waals surface area contributed by atoms with E-state index in [0.29, 0.717) is 38.1 Å². The van der Waals surface area contributed by atoms with Gasteiger partial charge >= 0.3 is 0 Å². The third kappa shape index (κ3) is 5.18. The number of aliphatic imine (C=N–C) groups is 1. The van der Waals surface area contributed by atoms with Crippen molar-refractivity contribution in [2.45, 2.75) is 43.4 Å². The SMILES string of the molecule is CCNC(=NCC1(S(C)(=O)=O)CCOCC1)NC1CCN(c2cccs2)CC1. The molecule has 1 aromatic rings. The van der Waals surface area contributed by atoms with Crippen LogP contribution in [0, 0.1) is 0 Å². The molecule has 0 atom stereocenters. The number of guanidine groups is 1.